The van der Waals surface area contributed by atoms with Gasteiger partial charge >= 0.3 is 0 Å². The van der Waals surface area contributed by atoms with Crippen molar-refractivity contribution < 1.29 is 9.69 Å². The number of alkyl halides is 1. The lowest BCUT2D eigenvalue weighted by molar-refractivity contribution is -0.786. The first kappa shape index (κ1) is 11.0. The van der Waals surface area contributed by atoms with Gasteiger partial charge in [0.25, 0.3) is 0 Å². The fourth-order valence-corrected chi connectivity index (χ4v) is 1.15. The first-order valence-corrected chi connectivity index (χ1v) is 4.93. The van der Waals surface area contributed by atoms with Crippen LogP contribution in [0, 0.1) is 0 Å². The summed E-state index contributed by atoms with van der Waals surface area (Å²) in [4.78, 5) is 12.2. The monoisotopic (exact) mass is 213 g/mol. The van der Waals surface area contributed by atoms with E-state index in [1.54, 1.807) is 0 Å². The van der Waals surface area contributed by atoms with E-state index >= 15 is 0 Å². The Labute approximate surface area is 88.7 Å². The second-order valence-corrected chi connectivity index (χ2v) is 3.53. The summed E-state index contributed by atoms with van der Waals surface area (Å²) in [6.07, 6.45) is 0. The molecular weight excluding hydrogens is 200 g/mol. The lowest BCUT2D eigenvalue weighted by atomic mass is 10.2. The summed E-state index contributed by atoms with van der Waals surface area (Å²) in [5.74, 6) is -0.197. The smallest absolute Gasteiger partial charge is 0.239 e. The number of hydrogen-bond donors (Lipinski definition) is 2. The van der Waals surface area contributed by atoms with Gasteiger partial charge in [0.2, 0.25) is 5.91 Å². The van der Waals surface area contributed by atoms with Crippen LogP contribution in [0.1, 0.15) is 0 Å². The van der Waals surface area contributed by atoms with Crippen molar-refractivity contribution in [2.45, 2.75) is 0 Å². The first-order valence-electron chi connectivity index (χ1n) is 4.40. The van der Waals surface area contributed by atoms with Gasteiger partial charge in [0, 0.05) is 17.8 Å². The number of rotatable bonds is 3. The Kier molecular flexibility index (Phi) is 3.92. The molecule has 1 aromatic carbocycles. The molecule has 76 valence electrons. The van der Waals surface area contributed by atoms with Gasteiger partial charge in [-0.2, -0.15) is 0 Å². The summed E-state index contributed by atoms with van der Waals surface area (Å²) in [5.41, 5.74) is 1.95. The van der Waals surface area contributed by atoms with E-state index in [1.165, 1.54) is 10.6 Å². The number of carbonyl (C=O) groups is 1. The van der Waals surface area contributed by atoms with Crippen LogP contribution in [0.5, 0.6) is 0 Å². The molecule has 0 radical (unpaired) electrons. The molecule has 0 saturated heterocycles. The molecule has 14 heavy (non-hydrogen) atoms. The standard InChI is InChI=1S/C10H13ClN2O/c1-13(2)9-5-3-8(4-6-9)12-10(14)7-11/h3-6H,7H2,1-2H3,(H,12,14)/p+1. The highest BCUT2D eigenvalue weighted by atomic mass is 35.5. The van der Waals surface area contributed by atoms with Gasteiger partial charge in [-0.1, -0.05) is 0 Å². The van der Waals surface area contributed by atoms with Gasteiger partial charge in [-0.3, -0.25) is 4.79 Å². The quantitative estimate of drug-likeness (QED) is 0.710. The maximum Gasteiger partial charge on any atom is 0.239 e. The Morgan fingerprint density at radius 3 is 2.36 bits per heavy atom. The molecule has 4 heteroatoms. The third kappa shape index (κ3) is 3.01. The van der Waals surface area contributed by atoms with E-state index in [9.17, 15) is 4.79 Å². The van der Waals surface area contributed by atoms with Crippen LogP contribution in [0.4, 0.5) is 11.4 Å². The third-order valence-corrected chi connectivity index (χ3v) is 2.11. The number of anilines is 1. The molecule has 1 rings (SSSR count). The minimum absolute atomic E-state index is 0.0132. The Morgan fingerprint density at radius 1 is 1.36 bits per heavy atom. The average Bonchev–Trinajstić information content (AvgIpc) is 2.18. The average molecular weight is 214 g/mol. The molecule has 0 aliphatic heterocycles. The van der Waals surface area contributed by atoms with Gasteiger partial charge in [-0.15, -0.1) is 11.6 Å². The number of carbonyl (C=O) groups excluding carboxylic acids is 1. The summed E-state index contributed by atoms with van der Waals surface area (Å²) in [5, 5.41) is 2.68. The van der Waals surface area contributed by atoms with Crippen LogP contribution in [0.3, 0.4) is 0 Å². The minimum Gasteiger partial charge on any atom is -0.325 e. The molecule has 0 aliphatic rings. The maximum absolute atomic E-state index is 11.0. The summed E-state index contributed by atoms with van der Waals surface area (Å²) >= 11 is 5.37. The molecule has 0 bridgehead atoms. The maximum atomic E-state index is 11.0. The number of halogens is 1. The summed E-state index contributed by atoms with van der Waals surface area (Å²) in [6.45, 7) is 0. The molecule has 1 amide bonds. The number of amides is 1. The van der Waals surface area contributed by atoms with Crippen LogP contribution in [0.25, 0.3) is 0 Å². The van der Waals surface area contributed by atoms with Crippen LogP contribution < -0.4 is 10.2 Å². The predicted octanol–water partition coefficient (Wildman–Crippen LogP) is 0.640. The van der Waals surface area contributed by atoms with E-state index in [0.29, 0.717) is 0 Å². The zero-order valence-corrected chi connectivity index (χ0v) is 9.06. The largest absolute Gasteiger partial charge is 0.325 e. The molecule has 0 fully saturated rings. The van der Waals surface area contributed by atoms with Crippen molar-refractivity contribution in [2.24, 2.45) is 0 Å². The number of benzene rings is 1. The predicted molar refractivity (Wildman–Crippen MR) is 58.3 cm³/mol. The minimum atomic E-state index is -0.184. The van der Waals surface area contributed by atoms with Crippen LogP contribution in [-0.4, -0.2) is 25.9 Å². The van der Waals surface area contributed by atoms with E-state index in [1.807, 2.05) is 38.4 Å². The third-order valence-electron chi connectivity index (χ3n) is 1.87. The first-order chi connectivity index (χ1) is 6.63. The zero-order valence-electron chi connectivity index (χ0n) is 8.30. The van der Waals surface area contributed by atoms with Gasteiger partial charge in [-0.25, -0.2) is 0 Å². The number of quaternary nitrogens is 1. The molecule has 1 aromatic rings. The fraction of sp³-hybridized carbons (Fsp3) is 0.300. The normalized spacial score (nSPS) is 10.3. The van der Waals surface area contributed by atoms with E-state index in [4.69, 9.17) is 11.6 Å². The van der Waals surface area contributed by atoms with Crippen molar-refractivity contribution >= 4 is 28.9 Å². The highest BCUT2D eigenvalue weighted by molar-refractivity contribution is 6.29. The van der Waals surface area contributed by atoms with Crippen LogP contribution in [0.2, 0.25) is 0 Å². The number of hydrogen-bond acceptors (Lipinski definition) is 1. The Bertz CT molecular complexity index is 308. The van der Waals surface area contributed by atoms with Gasteiger partial charge in [-0.05, 0) is 12.1 Å². The Balaban J connectivity index is 2.69. The van der Waals surface area contributed by atoms with E-state index in [2.05, 4.69) is 5.32 Å². The van der Waals surface area contributed by atoms with Gasteiger partial charge in [0.05, 0.1) is 14.1 Å². The molecular formula is C10H14ClN2O+. The molecule has 0 heterocycles. The Morgan fingerprint density at radius 2 is 1.93 bits per heavy atom. The molecule has 2 N–H and O–H groups in total. The van der Waals surface area contributed by atoms with Crippen molar-refractivity contribution in [3.8, 4) is 0 Å². The SMILES string of the molecule is C[NH+](C)c1ccc(NC(=O)CCl)cc1. The van der Waals surface area contributed by atoms with E-state index in [0.717, 1.165) is 5.69 Å². The molecule has 0 unspecified atom stereocenters. The van der Waals surface area contributed by atoms with Crippen LogP contribution in [0.15, 0.2) is 24.3 Å². The lowest BCUT2D eigenvalue weighted by Gasteiger charge is -2.07. The van der Waals surface area contributed by atoms with Crippen molar-refractivity contribution in [1.82, 2.24) is 0 Å². The number of nitrogens with one attached hydrogen (secondary N) is 2. The molecule has 0 spiro atoms. The molecule has 0 saturated carbocycles. The van der Waals surface area contributed by atoms with Crippen LogP contribution in [-0.2, 0) is 4.79 Å². The summed E-state index contributed by atoms with van der Waals surface area (Å²) in [7, 11) is 4.10. The molecule has 0 aromatic heterocycles. The second-order valence-electron chi connectivity index (χ2n) is 3.26. The van der Waals surface area contributed by atoms with Gasteiger partial charge < -0.3 is 10.2 Å². The van der Waals surface area contributed by atoms with Crippen molar-refractivity contribution in [3.63, 3.8) is 0 Å². The van der Waals surface area contributed by atoms with Crippen molar-refractivity contribution in [3.05, 3.63) is 24.3 Å². The molecule has 0 aliphatic carbocycles. The van der Waals surface area contributed by atoms with Crippen molar-refractivity contribution in [1.29, 1.82) is 0 Å². The highest BCUT2D eigenvalue weighted by Gasteiger charge is 2.02. The summed E-state index contributed by atoms with van der Waals surface area (Å²) in [6, 6.07) is 7.68. The molecule has 3 nitrogen and oxygen atoms in total. The van der Waals surface area contributed by atoms with Gasteiger partial charge in [0.1, 0.15) is 11.6 Å². The molecule has 0 atom stereocenters. The lowest BCUT2D eigenvalue weighted by Crippen LogP contribution is -3.00. The fourth-order valence-electron chi connectivity index (χ4n) is 1.08. The van der Waals surface area contributed by atoms with Crippen LogP contribution >= 0.6 is 11.6 Å². The second kappa shape index (κ2) is 4.98. The van der Waals surface area contributed by atoms with E-state index < -0.39 is 0 Å². The zero-order chi connectivity index (χ0) is 10.6. The van der Waals surface area contributed by atoms with E-state index in [-0.39, 0.29) is 11.8 Å². The Hall–Kier alpha value is -1.06. The van der Waals surface area contributed by atoms with Gasteiger partial charge in [0.15, 0.2) is 0 Å². The van der Waals surface area contributed by atoms with Crippen molar-refractivity contribution in [2.75, 3.05) is 25.3 Å². The summed E-state index contributed by atoms with van der Waals surface area (Å²) < 4.78 is 0. The highest BCUT2D eigenvalue weighted by Crippen LogP contribution is 2.09. The topological polar surface area (TPSA) is 33.5 Å².